The Labute approximate surface area is 272 Å². The molecule has 1 aliphatic heterocycles. The molecule has 2 fully saturated rings. The molecule has 0 unspecified atom stereocenters. The van der Waals surface area contributed by atoms with Crippen molar-refractivity contribution >= 4 is 23.7 Å². The minimum absolute atomic E-state index is 0. The fraction of sp³-hybridized carbons (Fsp3) is 0.515. The third-order valence-corrected chi connectivity index (χ3v) is 9.42. The van der Waals surface area contributed by atoms with Crippen LogP contribution in [0.1, 0.15) is 67.3 Å². The van der Waals surface area contributed by atoms with Crippen LogP contribution in [-0.4, -0.2) is 59.5 Å². The van der Waals surface area contributed by atoms with E-state index < -0.39 is 5.83 Å². The van der Waals surface area contributed by atoms with Gasteiger partial charge in [-0.15, -0.1) is 13.1 Å². The Morgan fingerprint density at radius 2 is 2.05 bits per heavy atom. The number of ether oxygens (including phenoxy) is 1. The molecule has 4 aliphatic rings. The largest absolute Gasteiger partial charge is 1.00 e. The zero-order chi connectivity index (χ0) is 29.7. The second-order valence-corrected chi connectivity index (χ2v) is 12.1. The number of fused-ring (bicyclic) bond motifs is 3. The standard InChI is InChI=1S/C30H36ClN5O.C3H2FO.Li/c1-2-35(17-4-3-16-32)28-24-13-15-30(14-12-23-25(30)8-5-9-26(23)31)19-27(24)33-29(34-28)37-20-22-7-6-18-36(22)21-10-11-21;1-3(4)2-5;/h4-5,8-9,21-22H,1-3,6-7,10-15,17-20H2;1H2;/q-2;-1;+1/t22-,30-;;/m0../s1. The van der Waals surface area contributed by atoms with Crippen molar-refractivity contribution in [3.05, 3.63) is 71.4 Å². The van der Waals surface area contributed by atoms with Crippen LogP contribution >= 0.6 is 11.6 Å². The average Bonchev–Trinajstić information content (AvgIpc) is 3.63. The fourth-order valence-electron chi connectivity index (χ4n) is 6.91. The molecule has 1 saturated carbocycles. The van der Waals surface area contributed by atoms with E-state index in [-0.39, 0.29) is 24.3 Å². The summed E-state index contributed by atoms with van der Waals surface area (Å²) in [6, 6.07) is 10.3. The Morgan fingerprint density at radius 3 is 2.72 bits per heavy atom. The van der Waals surface area contributed by atoms with E-state index in [9.17, 15) is 4.39 Å². The van der Waals surface area contributed by atoms with Gasteiger partial charge in [-0.3, -0.25) is 11.3 Å². The zero-order valence-corrected chi connectivity index (χ0v) is 25.8. The number of unbranched alkanes of at least 4 members (excludes halogenated alkanes) is 1. The van der Waals surface area contributed by atoms with Crippen LogP contribution in [-0.2, 0) is 29.5 Å². The van der Waals surface area contributed by atoms with Crippen LogP contribution in [0.15, 0.2) is 30.6 Å². The van der Waals surface area contributed by atoms with Crippen LogP contribution in [0.5, 0.6) is 6.01 Å². The van der Waals surface area contributed by atoms with Gasteiger partial charge in [0.1, 0.15) is 12.4 Å². The second kappa shape index (κ2) is 15.0. The number of nitriles is 1. The number of nitrogens with zero attached hydrogens (tertiary/aromatic N) is 5. The van der Waals surface area contributed by atoms with Crippen molar-refractivity contribution in [3.63, 3.8) is 0 Å². The monoisotopic (exact) mass is 597 g/mol. The van der Waals surface area contributed by atoms with Gasteiger partial charge in [0.05, 0.1) is 5.69 Å². The van der Waals surface area contributed by atoms with Crippen molar-refractivity contribution in [3.8, 4) is 12.1 Å². The van der Waals surface area contributed by atoms with E-state index in [4.69, 9.17) is 36.4 Å². The molecule has 0 bridgehead atoms. The summed E-state index contributed by atoms with van der Waals surface area (Å²) in [6.45, 7) is 9.80. The molecule has 0 radical (unpaired) electrons. The van der Waals surface area contributed by atoms with Gasteiger partial charge in [-0.05, 0) is 87.4 Å². The molecule has 1 spiro atoms. The smallest absolute Gasteiger partial charge is 0.462 e. The Morgan fingerprint density at radius 1 is 1.30 bits per heavy atom. The first kappa shape index (κ1) is 33.5. The third-order valence-electron chi connectivity index (χ3n) is 9.06. The maximum atomic E-state index is 10.8. The van der Waals surface area contributed by atoms with Gasteiger partial charge in [0.2, 0.25) is 0 Å². The van der Waals surface area contributed by atoms with E-state index in [1.165, 1.54) is 48.9 Å². The molecule has 0 amide bonds. The van der Waals surface area contributed by atoms with Crippen LogP contribution in [0.3, 0.4) is 0 Å². The molecule has 7 nitrogen and oxygen atoms in total. The number of allylic oxidation sites excluding steroid dienone is 1. The minimum Gasteiger partial charge on any atom is -0.462 e. The van der Waals surface area contributed by atoms with Gasteiger partial charge in [-0.1, -0.05) is 30.2 Å². The van der Waals surface area contributed by atoms with Crippen LogP contribution < -0.4 is 28.5 Å². The summed E-state index contributed by atoms with van der Waals surface area (Å²) in [7, 11) is 0. The first-order valence-electron chi connectivity index (χ1n) is 14.9. The molecule has 1 saturated heterocycles. The van der Waals surface area contributed by atoms with Crippen molar-refractivity contribution in [1.82, 2.24) is 14.9 Å². The van der Waals surface area contributed by atoms with Crippen molar-refractivity contribution < 1.29 is 32.8 Å². The Bertz CT molecular complexity index is 1350. The van der Waals surface area contributed by atoms with Gasteiger partial charge in [-0.25, -0.2) is 16.2 Å². The SMILES string of the molecule is C=C(F)[C-]=O.[CH2-]CN(C[CH-]CC#N)c1nc(OC[C@@H]2CCCN2C2CC2)nc2c1CC[C@@]1(CCc3c(Cl)cccc31)C2.[Li+]. The summed E-state index contributed by atoms with van der Waals surface area (Å²) in [6.07, 6.45) is 13.4. The molecule has 1 aromatic carbocycles. The third kappa shape index (κ3) is 7.63. The second-order valence-electron chi connectivity index (χ2n) is 11.7. The quantitative estimate of drug-likeness (QED) is 0.180. The van der Waals surface area contributed by atoms with Gasteiger partial charge < -0.3 is 21.4 Å². The molecule has 43 heavy (non-hydrogen) atoms. The van der Waals surface area contributed by atoms with Crippen molar-refractivity contribution in [2.45, 2.75) is 81.7 Å². The number of halogens is 2. The molecule has 0 N–H and O–H groups in total. The molecule has 2 atom stereocenters. The normalized spacial score (nSPS) is 22.0. The maximum absolute atomic E-state index is 10.8. The topological polar surface area (TPSA) is 82.3 Å². The summed E-state index contributed by atoms with van der Waals surface area (Å²) < 4.78 is 17.2. The van der Waals surface area contributed by atoms with Gasteiger partial charge >= 0.3 is 24.9 Å². The molecule has 3 aliphatic carbocycles. The number of anilines is 1. The van der Waals surface area contributed by atoms with Crippen molar-refractivity contribution in [2.24, 2.45) is 0 Å². The van der Waals surface area contributed by atoms with Crippen LogP contribution in [0.4, 0.5) is 10.2 Å². The summed E-state index contributed by atoms with van der Waals surface area (Å²) in [4.78, 5) is 23.7. The van der Waals surface area contributed by atoms with E-state index in [2.05, 4.69) is 41.5 Å². The predicted octanol–water partition coefficient (Wildman–Crippen LogP) is 2.85. The Hall–Kier alpha value is -2.42. The summed E-state index contributed by atoms with van der Waals surface area (Å²) in [5.41, 5.74) is 5.10. The number of benzene rings is 1. The van der Waals surface area contributed by atoms with E-state index >= 15 is 0 Å². The van der Waals surface area contributed by atoms with Gasteiger partial charge in [-0.2, -0.15) is 9.97 Å². The number of likely N-dealkylation sites (tertiary alicyclic amines) is 1. The summed E-state index contributed by atoms with van der Waals surface area (Å²) in [5, 5.41) is 9.93. The van der Waals surface area contributed by atoms with Crippen LogP contribution in [0.2, 0.25) is 5.02 Å². The molecule has 1 aromatic heterocycles. The number of aromatic nitrogens is 2. The molecule has 2 heterocycles. The molecule has 6 rings (SSSR count). The van der Waals surface area contributed by atoms with Gasteiger partial charge in [0.25, 0.3) is 0 Å². The van der Waals surface area contributed by atoms with Gasteiger partial charge in [0, 0.05) is 40.4 Å². The Balaban J connectivity index is 0.000000654. The Kier molecular flexibility index (Phi) is 11.7. The first-order valence-corrected chi connectivity index (χ1v) is 15.3. The molecule has 10 heteroatoms. The number of rotatable bonds is 10. The molecular formula is C33H38ClFLiN5O2-2. The minimum atomic E-state index is -1.05. The van der Waals surface area contributed by atoms with E-state index in [1.54, 1.807) is 0 Å². The van der Waals surface area contributed by atoms with E-state index in [0.717, 1.165) is 61.0 Å². The molecule has 224 valence electrons. The average molecular weight is 598 g/mol. The molecule has 2 aromatic rings. The number of hydrogen-bond acceptors (Lipinski definition) is 7. The van der Waals surface area contributed by atoms with Crippen LogP contribution in [0, 0.1) is 24.7 Å². The van der Waals surface area contributed by atoms with E-state index in [0.29, 0.717) is 38.2 Å². The first-order chi connectivity index (χ1) is 20.4. The fourth-order valence-corrected chi connectivity index (χ4v) is 7.18. The maximum Gasteiger partial charge on any atom is 1.00 e. The van der Waals surface area contributed by atoms with Gasteiger partial charge in [0.15, 0.2) is 0 Å². The summed E-state index contributed by atoms with van der Waals surface area (Å²) >= 11 is 6.60. The van der Waals surface area contributed by atoms with Crippen molar-refractivity contribution in [1.29, 1.82) is 5.26 Å². The molecular weight excluding hydrogens is 560 g/mol. The van der Waals surface area contributed by atoms with Crippen LogP contribution in [0.25, 0.3) is 0 Å². The number of carbonyl (C=O) groups excluding carboxylic acids is 1. The zero-order valence-electron chi connectivity index (χ0n) is 25.1. The van der Waals surface area contributed by atoms with Crippen molar-refractivity contribution in [2.75, 3.05) is 31.1 Å². The summed E-state index contributed by atoms with van der Waals surface area (Å²) in [5.74, 6) is -0.126. The number of hydrogen-bond donors (Lipinski definition) is 0. The van der Waals surface area contributed by atoms with E-state index in [1.807, 2.05) is 12.5 Å². The predicted molar refractivity (Wildman–Crippen MR) is 162 cm³/mol.